The predicted octanol–water partition coefficient (Wildman–Crippen LogP) is 3.08. The second-order valence-electron chi connectivity index (χ2n) is 6.16. The van der Waals surface area contributed by atoms with Gasteiger partial charge in [-0.2, -0.15) is 5.10 Å². The Bertz CT molecular complexity index is 1170. The number of pyridine rings is 1. The molecule has 3 aromatic heterocycles. The van der Waals surface area contributed by atoms with Crippen LogP contribution in [0.15, 0.2) is 49.1 Å². The highest BCUT2D eigenvalue weighted by atomic mass is 35.5. The summed E-state index contributed by atoms with van der Waals surface area (Å²) in [6.07, 6.45) is 4.72. The zero-order valence-corrected chi connectivity index (χ0v) is 15.7. The van der Waals surface area contributed by atoms with Crippen LogP contribution in [0.5, 0.6) is 0 Å². The summed E-state index contributed by atoms with van der Waals surface area (Å²) in [7, 11) is 0. The number of aromatic nitrogens is 5. The van der Waals surface area contributed by atoms with Crippen LogP contribution in [0.25, 0.3) is 11.0 Å². The van der Waals surface area contributed by atoms with Crippen LogP contribution in [0, 0.1) is 5.82 Å². The summed E-state index contributed by atoms with van der Waals surface area (Å²) in [6, 6.07) is 8.04. The molecule has 8 nitrogen and oxygen atoms in total. The molecule has 0 aliphatic carbocycles. The second kappa shape index (κ2) is 8.19. The summed E-state index contributed by atoms with van der Waals surface area (Å²) in [6.45, 7) is 0.699. The fourth-order valence-corrected chi connectivity index (χ4v) is 2.94. The van der Waals surface area contributed by atoms with Gasteiger partial charge in [0.05, 0.1) is 5.02 Å². The average molecular weight is 412 g/mol. The molecule has 0 saturated heterocycles. The summed E-state index contributed by atoms with van der Waals surface area (Å²) in [5.41, 5.74) is 2.77. The number of hydrogen-bond acceptors (Lipinski definition) is 6. The monoisotopic (exact) mass is 411 g/mol. The number of rotatable bonds is 6. The topological polar surface area (TPSA) is 108 Å². The molecule has 0 fully saturated rings. The zero-order chi connectivity index (χ0) is 20.2. The number of H-pyrrole nitrogens is 1. The van der Waals surface area contributed by atoms with Crippen LogP contribution >= 0.6 is 11.6 Å². The van der Waals surface area contributed by atoms with Crippen molar-refractivity contribution in [2.24, 2.45) is 0 Å². The molecule has 3 N–H and O–H groups in total. The van der Waals surface area contributed by atoms with Crippen LogP contribution in [-0.2, 0) is 13.1 Å². The first-order valence-electron chi connectivity index (χ1n) is 8.66. The number of benzene rings is 1. The number of nitrogens with zero attached hydrogens (tertiary/aromatic N) is 4. The van der Waals surface area contributed by atoms with Gasteiger partial charge in [-0.25, -0.2) is 14.4 Å². The van der Waals surface area contributed by atoms with E-state index in [0.717, 1.165) is 5.56 Å². The number of anilines is 1. The Balaban J connectivity index is 1.49. The maximum absolute atomic E-state index is 13.3. The largest absolute Gasteiger partial charge is 0.363 e. The predicted molar refractivity (Wildman–Crippen MR) is 106 cm³/mol. The number of aromatic amines is 1. The number of nitrogens with one attached hydrogen (secondary N) is 3. The van der Waals surface area contributed by atoms with Crippen molar-refractivity contribution in [3.05, 3.63) is 76.7 Å². The number of carbonyl (C=O) groups excluding carboxylic acids is 1. The van der Waals surface area contributed by atoms with Crippen molar-refractivity contribution in [3.63, 3.8) is 0 Å². The SMILES string of the molecule is O=C(NCc1ccc(F)c(Cl)c1)c1ncnc2c(NCc3ccncc3)n[nH]c12. The van der Waals surface area contributed by atoms with Gasteiger partial charge in [-0.1, -0.05) is 17.7 Å². The summed E-state index contributed by atoms with van der Waals surface area (Å²) in [4.78, 5) is 24.9. The maximum atomic E-state index is 13.3. The Hall–Kier alpha value is -3.59. The lowest BCUT2D eigenvalue weighted by atomic mass is 10.2. The molecule has 0 atom stereocenters. The minimum absolute atomic E-state index is 0.000318. The molecule has 0 spiro atoms. The highest BCUT2D eigenvalue weighted by Gasteiger charge is 2.17. The van der Waals surface area contributed by atoms with Crippen LogP contribution < -0.4 is 10.6 Å². The molecule has 4 rings (SSSR count). The van der Waals surface area contributed by atoms with Crippen molar-refractivity contribution in [2.45, 2.75) is 13.1 Å². The van der Waals surface area contributed by atoms with Crippen LogP contribution in [0.4, 0.5) is 10.2 Å². The quantitative estimate of drug-likeness (QED) is 0.450. The first kappa shape index (κ1) is 18.8. The smallest absolute Gasteiger partial charge is 0.272 e. The van der Waals surface area contributed by atoms with Crippen molar-refractivity contribution in [1.82, 2.24) is 30.5 Å². The van der Waals surface area contributed by atoms with Crippen molar-refractivity contribution in [3.8, 4) is 0 Å². The Kier molecular flexibility index (Phi) is 5.30. The lowest BCUT2D eigenvalue weighted by Crippen LogP contribution is -2.24. The summed E-state index contributed by atoms with van der Waals surface area (Å²) < 4.78 is 13.3. The third kappa shape index (κ3) is 4.14. The third-order valence-electron chi connectivity index (χ3n) is 4.21. The summed E-state index contributed by atoms with van der Waals surface area (Å²) in [5, 5.41) is 12.9. The van der Waals surface area contributed by atoms with Gasteiger partial charge < -0.3 is 10.6 Å². The highest BCUT2D eigenvalue weighted by molar-refractivity contribution is 6.30. The number of carbonyl (C=O) groups is 1. The Morgan fingerprint density at radius 2 is 1.93 bits per heavy atom. The van der Waals surface area contributed by atoms with E-state index in [4.69, 9.17) is 11.6 Å². The Morgan fingerprint density at radius 1 is 1.10 bits per heavy atom. The number of hydrogen-bond donors (Lipinski definition) is 3. The molecule has 10 heteroatoms. The van der Waals surface area contributed by atoms with E-state index in [-0.39, 0.29) is 17.3 Å². The number of amides is 1. The normalized spacial score (nSPS) is 10.8. The van der Waals surface area contributed by atoms with Crippen LogP contribution in [0.3, 0.4) is 0 Å². The Labute approximate surface area is 169 Å². The first-order valence-corrected chi connectivity index (χ1v) is 9.03. The van der Waals surface area contributed by atoms with E-state index in [2.05, 4.69) is 35.8 Å². The van der Waals surface area contributed by atoms with E-state index < -0.39 is 11.7 Å². The van der Waals surface area contributed by atoms with E-state index in [1.54, 1.807) is 18.5 Å². The molecule has 29 heavy (non-hydrogen) atoms. The Morgan fingerprint density at radius 3 is 2.72 bits per heavy atom. The van der Waals surface area contributed by atoms with Gasteiger partial charge in [-0.15, -0.1) is 0 Å². The van der Waals surface area contributed by atoms with Crippen LogP contribution in [0.1, 0.15) is 21.6 Å². The number of fused-ring (bicyclic) bond motifs is 1. The maximum Gasteiger partial charge on any atom is 0.272 e. The van der Waals surface area contributed by atoms with Gasteiger partial charge >= 0.3 is 0 Å². The molecular formula is C19H15ClFN7O. The van der Waals surface area contributed by atoms with E-state index in [1.807, 2.05) is 12.1 Å². The highest BCUT2D eigenvalue weighted by Crippen LogP contribution is 2.20. The number of halogens is 2. The van der Waals surface area contributed by atoms with Gasteiger partial charge in [0.15, 0.2) is 11.5 Å². The van der Waals surface area contributed by atoms with Gasteiger partial charge in [-0.05, 0) is 35.4 Å². The van der Waals surface area contributed by atoms with Crippen molar-refractivity contribution in [2.75, 3.05) is 5.32 Å². The van der Waals surface area contributed by atoms with Gasteiger partial charge in [0.2, 0.25) is 0 Å². The van der Waals surface area contributed by atoms with E-state index >= 15 is 0 Å². The lowest BCUT2D eigenvalue weighted by molar-refractivity contribution is 0.0947. The van der Waals surface area contributed by atoms with Crippen molar-refractivity contribution >= 4 is 34.4 Å². The minimum Gasteiger partial charge on any atom is -0.363 e. The average Bonchev–Trinajstić information content (AvgIpc) is 3.17. The van der Waals surface area contributed by atoms with Gasteiger partial charge in [0, 0.05) is 25.5 Å². The molecule has 146 valence electrons. The van der Waals surface area contributed by atoms with Crippen molar-refractivity contribution < 1.29 is 9.18 Å². The molecule has 0 saturated carbocycles. The molecule has 0 unspecified atom stereocenters. The molecule has 3 heterocycles. The molecule has 1 amide bonds. The first-order chi connectivity index (χ1) is 14.1. The van der Waals surface area contributed by atoms with Gasteiger partial charge in [0.1, 0.15) is 23.2 Å². The second-order valence-corrected chi connectivity index (χ2v) is 6.57. The molecule has 0 radical (unpaired) electrons. The standard InChI is InChI=1S/C19H15ClFN7O/c20-13-7-12(1-2-14(13)21)9-24-19(29)17-15-16(25-10-26-17)18(28-27-15)23-8-11-3-5-22-6-4-11/h1-7,10H,8-9H2,(H,24,29)(H2,23,27,28). The van der Waals surface area contributed by atoms with E-state index in [9.17, 15) is 9.18 Å². The lowest BCUT2D eigenvalue weighted by Gasteiger charge is -2.06. The fourth-order valence-electron chi connectivity index (χ4n) is 2.73. The van der Waals surface area contributed by atoms with E-state index in [0.29, 0.717) is 29.0 Å². The fraction of sp³-hybridized carbons (Fsp3) is 0.105. The van der Waals surface area contributed by atoms with E-state index in [1.165, 1.54) is 18.5 Å². The van der Waals surface area contributed by atoms with Gasteiger partial charge in [0.25, 0.3) is 5.91 Å². The summed E-state index contributed by atoms with van der Waals surface area (Å²) >= 11 is 5.77. The molecule has 0 bridgehead atoms. The summed E-state index contributed by atoms with van der Waals surface area (Å²) in [5.74, 6) is -0.413. The minimum atomic E-state index is -0.511. The van der Waals surface area contributed by atoms with Crippen molar-refractivity contribution in [1.29, 1.82) is 0 Å². The molecule has 0 aliphatic rings. The molecule has 0 aliphatic heterocycles. The van der Waals surface area contributed by atoms with Crippen LogP contribution in [0.2, 0.25) is 5.02 Å². The molecular weight excluding hydrogens is 397 g/mol. The molecule has 1 aromatic carbocycles. The zero-order valence-electron chi connectivity index (χ0n) is 15.0. The van der Waals surface area contributed by atoms with Crippen LogP contribution in [-0.4, -0.2) is 31.1 Å². The van der Waals surface area contributed by atoms with Gasteiger partial charge in [-0.3, -0.25) is 14.9 Å². The third-order valence-corrected chi connectivity index (χ3v) is 4.50. The molecule has 4 aromatic rings.